The van der Waals surface area contributed by atoms with Crippen LogP contribution in [0.4, 0.5) is 0 Å². The monoisotopic (exact) mass is 130 g/mol. The predicted molar refractivity (Wildman–Crippen MR) is 42.4 cm³/mol. The molecule has 0 heterocycles. The quantitative estimate of drug-likeness (QED) is 0.527. The van der Waals surface area contributed by atoms with Crippen molar-refractivity contribution in [1.29, 1.82) is 0 Å². The second-order valence-corrected chi connectivity index (χ2v) is 2.88. The Bertz CT molecular complexity index is 59.4. The Morgan fingerprint density at radius 2 is 2.38 bits per heavy atom. The molecule has 0 saturated carbocycles. The molecule has 1 unspecified atom stereocenters. The lowest BCUT2D eigenvalue weighted by atomic mass is 10.2. The maximum absolute atomic E-state index is 3.73. The lowest BCUT2D eigenvalue weighted by Gasteiger charge is -2.04. The standard InChI is InChI=1S/C7H14S/c1-4-6-7(5-2)8-3/h5,7H,2,4,6H2,1,3H3. The van der Waals surface area contributed by atoms with Gasteiger partial charge in [-0.3, -0.25) is 0 Å². The lowest BCUT2D eigenvalue weighted by molar-refractivity contribution is 0.830. The van der Waals surface area contributed by atoms with Gasteiger partial charge in [0.1, 0.15) is 0 Å². The summed E-state index contributed by atoms with van der Waals surface area (Å²) in [5.41, 5.74) is 0. The zero-order valence-corrected chi connectivity index (χ0v) is 6.50. The fraction of sp³-hybridized carbons (Fsp3) is 0.714. The van der Waals surface area contributed by atoms with Crippen LogP contribution in [0, 0.1) is 0 Å². The number of hydrogen-bond acceptors (Lipinski definition) is 1. The molecule has 1 heteroatoms. The fourth-order valence-electron chi connectivity index (χ4n) is 0.616. The molecule has 48 valence electrons. The fourth-order valence-corrected chi connectivity index (χ4v) is 1.28. The van der Waals surface area contributed by atoms with Crippen LogP contribution in [0.15, 0.2) is 12.7 Å². The van der Waals surface area contributed by atoms with Crippen LogP contribution in [0.3, 0.4) is 0 Å². The molecule has 0 aliphatic heterocycles. The third-order valence-corrected chi connectivity index (χ3v) is 2.17. The first kappa shape index (κ1) is 8.09. The molecule has 0 rings (SSSR count). The second kappa shape index (κ2) is 5.23. The molecule has 0 fully saturated rings. The molecule has 0 N–H and O–H groups in total. The van der Waals surface area contributed by atoms with E-state index in [0.29, 0.717) is 5.25 Å². The molecule has 0 saturated heterocycles. The summed E-state index contributed by atoms with van der Waals surface area (Å²) in [6.45, 7) is 5.93. The molecule has 0 aromatic rings. The Balaban J connectivity index is 3.21. The van der Waals surface area contributed by atoms with Gasteiger partial charge >= 0.3 is 0 Å². The van der Waals surface area contributed by atoms with Crippen molar-refractivity contribution in [2.75, 3.05) is 6.26 Å². The summed E-state index contributed by atoms with van der Waals surface area (Å²) in [6, 6.07) is 0. The zero-order valence-electron chi connectivity index (χ0n) is 5.68. The average molecular weight is 130 g/mol. The van der Waals surface area contributed by atoms with Crippen LogP contribution in [0.25, 0.3) is 0 Å². The van der Waals surface area contributed by atoms with E-state index in [0.717, 1.165) is 0 Å². The predicted octanol–water partition coefficient (Wildman–Crippen LogP) is 2.70. The van der Waals surface area contributed by atoms with Crippen molar-refractivity contribution in [2.45, 2.75) is 25.0 Å². The van der Waals surface area contributed by atoms with E-state index in [1.54, 1.807) is 0 Å². The first-order valence-electron chi connectivity index (χ1n) is 3.00. The van der Waals surface area contributed by atoms with E-state index in [-0.39, 0.29) is 0 Å². The molecule has 0 amide bonds. The molecule has 0 nitrogen and oxygen atoms in total. The Hall–Kier alpha value is 0.0900. The van der Waals surface area contributed by atoms with E-state index in [1.165, 1.54) is 12.8 Å². The first-order valence-corrected chi connectivity index (χ1v) is 4.29. The highest BCUT2D eigenvalue weighted by atomic mass is 32.2. The van der Waals surface area contributed by atoms with Crippen LogP contribution in [-0.2, 0) is 0 Å². The van der Waals surface area contributed by atoms with Crippen molar-refractivity contribution in [3.63, 3.8) is 0 Å². The largest absolute Gasteiger partial charge is 0.158 e. The van der Waals surface area contributed by atoms with E-state index in [1.807, 2.05) is 17.8 Å². The molecule has 0 aromatic heterocycles. The molecular formula is C7H14S. The van der Waals surface area contributed by atoms with E-state index < -0.39 is 0 Å². The maximum atomic E-state index is 3.73. The minimum atomic E-state index is 0.681. The summed E-state index contributed by atoms with van der Waals surface area (Å²) in [6.07, 6.45) is 6.68. The third-order valence-electron chi connectivity index (χ3n) is 1.14. The smallest absolute Gasteiger partial charge is 0.0221 e. The molecule has 0 bridgehead atoms. The van der Waals surface area contributed by atoms with Gasteiger partial charge in [0.15, 0.2) is 0 Å². The van der Waals surface area contributed by atoms with Gasteiger partial charge in [0.25, 0.3) is 0 Å². The minimum absolute atomic E-state index is 0.681. The Morgan fingerprint density at radius 1 is 1.75 bits per heavy atom. The van der Waals surface area contributed by atoms with Crippen molar-refractivity contribution in [3.05, 3.63) is 12.7 Å². The maximum Gasteiger partial charge on any atom is 0.0221 e. The minimum Gasteiger partial charge on any atom is -0.158 e. The summed E-state index contributed by atoms with van der Waals surface area (Å²) in [4.78, 5) is 0. The van der Waals surface area contributed by atoms with Gasteiger partial charge in [-0.2, -0.15) is 11.8 Å². The van der Waals surface area contributed by atoms with Crippen LogP contribution < -0.4 is 0 Å². The van der Waals surface area contributed by atoms with Crippen LogP contribution in [-0.4, -0.2) is 11.5 Å². The van der Waals surface area contributed by atoms with Gasteiger partial charge in [-0.15, -0.1) is 6.58 Å². The SMILES string of the molecule is C=CC(CCC)SC. The van der Waals surface area contributed by atoms with Crippen molar-refractivity contribution in [2.24, 2.45) is 0 Å². The topological polar surface area (TPSA) is 0 Å². The number of thioether (sulfide) groups is 1. The molecule has 0 spiro atoms. The zero-order chi connectivity index (χ0) is 6.41. The highest BCUT2D eigenvalue weighted by Crippen LogP contribution is 2.12. The molecule has 8 heavy (non-hydrogen) atoms. The summed E-state index contributed by atoms with van der Waals surface area (Å²) >= 11 is 1.88. The molecule has 0 aliphatic carbocycles. The first-order chi connectivity index (χ1) is 3.85. The van der Waals surface area contributed by atoms with Gasteiger partial charge in [-0.05, 0) is 12.7 Å². The van der Waals surface area contributed by atoms with Gasteiger partial charge in [0.2, 0.25) is 0 Å². The summed E-state index contributed by atoms with van der Waals surface area (Å²) in [7, 11) is 0. The molecular weight excluding hydrogens is 116 g/mol. The Kier molecular flexibility index (Phi) is 5.29. The van der Waals surface area contributed by atoms with E-state index in [4.69, 9.17) is 0 Å². The van der Waals surface area contributed by atoms with Gasteiger partial charge in [-0.25, -0.2) is 0 Å². The summed E-state index contributed by atoms with van der Waals surface area (Å²) < 4.78 is 0. The van der Waals surface area contributed by atoms with Crippen molar-refractivity contribution < 1.29 is 0 Å². The number of rotatable bonds is 4. The highest BCUT2D eigenvalue weighted by Gasteiger charge is 1.96. The van der Waals surface area contributed by atoms with Crippen molar-refractivity contribution in [1.82, 2.24) is 0 Å². The second-order valence-electron chi connectivity index (χ2n) is 1.80. The lowest BCUT2D eigenvalue weighted by Crippen LogP contribution is -1.93. The average Bonchev–Trinajstić information content (AvgIpc) is 1.83. The molecule has 1 atom stereocenters. The van der Waals surface area contributed by atoms with Crippen LogP contribution in [0.1, 0.15) is 19.8 Å². The van der Waals surface area contributed by atoms with Gasteiger partial charge in [-0.1, -0.05) is 19.4 Å². The van der Waals surface area contributed by atoms with Crippen molar-refractivity contribution in [3.8, 4) is 0 Å². The Labute approximate surface area is 56.4 Å². The van der Waals surface area contributed by atoms with Gasteiger partial charge in [0, 0.05) is 5.25 Å². The Morgan fingerprint density at radius 3 is 2.50 bits per heavy atom. The van der Waals surface area contributed by atoms with Gasteiger partial charge < -0.3 is 0 Å². The van der Waals surface area contributed by atoms with Crippen LogP contribution >= 0.6 is 11.8 Å². The normalized spacial score (nSPS) is 13.2. The van der Waals surface area contributed by atoms with Crippen LogP contribution in [0.2, 0.25) is 0 Å². The summed E-state index contributed by atoms with van der Waals surface area (Å²) in [5, 5.41) is 0.681. The van der Waals surface area contributed by atoms with E-state index in [9.17, 15) is 0 Å². The van der Waals surface area contributed by atoms with E-state index >= 15 is 0 Å². The highest BCUT2D eigenvalue weighted by molar-refractivity contribution is 7.99. The molecule has 0 aliphatic rings. The summed E-state index contributed by atoms with van der Waals surface area (Å²) in [5.74, 6) is 0. The van der Waals surface area contributed by atoms with Crippen LogP contribution in [0.5, 0.6) is 0 Å². The third kappa shape index (κ3) is 3.14. The van der Waals surface area contributed by atoms with E-state index in [2.05, 4.69) is 19.8 Å². The van der Waals surface area contributed by atoms with Crippen molar-refractivity contribution >= 4 is 11.8 Å². The number of hydrogen-bond donors (Lipinski definition) is 0. The van der Waals surface area contributed by atoms with Gasteiger partial charge in [0.05, 0.1) is 0 Å². The molecule has 0 radical (unpaired) electrons. The molecule has 0 aromatic carbocycles.